The number of H-pyrrole nitrogens is 1. The van der Waals surface area contributed by atoms with Crippen LogP contribution in [0.4, 0.5) is 18.9 Å². The van der Waals surface area contributed by atoms with Crippen LogP contribution < -0.4 is 11.4 Å². The van der Waals surface area contributed by atoms with Crippen LogP contribution in [0.3, 0.4) is 0 Å². The fraction of sp³-hybridized carbons (Fsp3) is 0.423. The van der Waals surface area contributed by atoms with Crippen LogP contribution in [0.2, 0.25) is 0 Å². The minimum absolute atomic E-state index is 0.0741. The number of alkyl halides is 3. The van der Waals surface area contributed by atoms with E-state index in [1.807, 2.05) is 30.3 Å². The van der Waals surface area contributed by atoms with Crippen molar-refractivity contribution < 1.29 is 13.2 Å². The second kappa shape index (κ2) is 8.76. The van der Waals surface area contributed by atoms with Gasteiger partial charge in [0.15, 0.2) is 11.3 Å². The van der Waals surface area contributed by atoms with Gasteiger partial charge in [-0.25, -0.2) is 9.78 Å². The first kappa shape index (κ1) is 25.1. The maximum atomic E-state index is 13.2. The van der Waals surface area contributed by atoms with E-state index in [4.69, 9.17) is 10.7 Å². The summed E-state index contributed by atoms with van der Waals surface area (Å²) in [6.07, 6.45) is -4.18. The molecule has 8 nitrogen and oxygen atoms in total. The van der Waals surface area contributed by atoms with Gasteiger partial charge in [0.1, 0.15) is 0 Å². The fourth-order valence-corrected chi connectivity index (χ4v) is 4.98. The first-order valence-corrected chi connectivity index (χ1v) is 12.1. The minimum atomic E-state index is -4.45. The van der Waals surface area contributed by atoms with E-state index < -0.39 is 11.9 Å². The predicted molar refractivity (Wildman–Crippen MR) is 136 cm³/mol. The number of aryl methyl sites for hydroxylation is 1. The third-order valence-electron chi connectivity index (χ3n) is 6.69. The average Bonchev–Trinajstić information content (AvgIpc) is 3.34. The number of nitrogen functional groups attached to an aromatic ring is 1. The van der Waals surface area contributed by atoms with Crippen molar-refractivity contribution in [2.24, 2.45) is 12.5 Å². The summed E-state index contributed by atoms with van der Waals surface area (Å²) in [5.41, 5.74) is 10.3. The molecule has 0 saturated heterocycles. The van der Waals surface area contributed by atoms with Crippen LogP contribution in [-0.2, 0) is 39.3 Å². The SMILES string of the molecule is Cn1c(=O)n(CC(C)(C)C)c2ccc(-c3cc(CN4CCc5c(C(F)(F)F)n[nH]c5C4)ccc3N)nc21. The van der Waals surface area contributed by atoms with E-state index in [0.29, 0.717) is 48.9 Å². The summed E-state index contributed by atoms with van der Waals surface area (Å²) < 4.78 is 42.8. The van der Waals surface area contributed by atoms with Crippen LogP contribution in [0, 0.1) is 5.41 Å². The molecule has 0 bridgehead atoms. The molecule has 11 heteroatoms. The lowest BCUT2D eigenvalue weighted by molar-refractivity contribution is -0.141. The summed E-state index contributed by atoms with van der Waals surface area (Å²) in [4.78, 5) is 19.7. The molecule has 0 fully saturated rings. The molecule has 1 aromatic carbocycles. The summed E-state index contributed by atoms with van der Waals surface area (Å²) in [5, 5.41) is 6.07. The molecular weight excluding hydrogens is 483 g/mol. The van der Waals surface area contributed by atoms with Crippen LogP contribution in [0.1, 0.15) is 43.3 Å². The number of fused-ring (bicyclic) bond motifs is 2. The van der Waals surface area contributed by atoms with Crippen molar-refractivity contribution in [3.05, 3.63) is 63.3 Å². The summed E-state index contributed by atoms with van der Waals surface area (Å²) >= 11 is 0. The third-order valence-corrected chi connectivity index (χ3v) is 6.69. The van der Waals surface area contributed by atoms with E-state index in [1.165, 1.54) is 0 Å². The van der Waals surface area contributed by atoms with Crippen molar-refractivity contribution in [1.29, 1.82) is 0 Å². The van der Waals surface area contributed by atoms with Gasteiger partial charge in [0.05, 0.1) is 16.9 Å². The zero-order valence-corrected chi connectivity index (χ0v) is 21.3. The number of hydrogen-bond acceptors (Lipinski definition) is 5. The molecule has 37 heavy (non-hydrogen) atoms. The monoisotopic (exact) mass is 513 g/mol. The molecule has 0 unspecified atom stereocenters. The number of nitrogens with two attached hydrogens (primary N) is 1. The Morgan fingerprint density at radius 1 is 1.14 bits per heavy atom. The van der Waals surface area contributed by atoms with Gasteiger partial charge in [-0.15, -0.1) is 0 Å². The van der Waals surface area contributed by atoms with E-state index in [2.05, 4.69) is 35.9 Å². The number of rotatable bonds is 4. The minimum Gasteiger partial charge on any atom is -0.398 e. The Hall–Kier alpha value is -3.60. The van der Waals surface area contributed by atoms with E-state index in [0.717, 1.165) is 16.6 Å². The first-order chi connectivity index (χ1) is 17.3. The van der Waals surface area contributed by atoms with E-state index in [1.54, 1.807) is 16.2 Å². The zero-order valence-electron chi connectivity index (χ0n) is 21.3. The predicted octanol–water partition coefficient (Wildman–Crippen LogP) is 4.33. The molecule has 1 aliphatic heterocycles. The summed E-state index contributed by atoms with van der Waals surface area (Å²) in [6.45, 7) is 8.19. The molecule has 3 N–H and O–H groups in total. The standard InChI is InChI=1S/C26H30F3N7O/c1-25(2,3)14-36-21-8-7-19(31-23(21)34(4)24(36)37)17-11-15(5-6-18(17)30)12-35-10-9-16-20(13-35)32-33-22(16)26(27,28)29/h5-8,11H,9-10,12-14,30H2,1-4H3,(H,32,33). The van der Waals surface area contributed by atoms with E-state index >= 15 is 0 Å². The molecule has 1 aliphatic rings. The summed E-state index contributed by atoms with van der Waals surface area (Å²) in [6, 6.07) is 9.45. The van der Waals surface area contributed by atoms with Gasteiger partial charge in [0.25, 0.3) is 0 Å². The Bertz CT molecular complexity index is 1540. The summed E-state index contributed by atoms with van der Waals surface area (Å²) in [5.74, 6) is 0. The van der Waals surface area contributed by atoms with Crippen LogP contribution in [0.25, 0.3) is 22.4 Å². The lowest BCUT2D eigenvalue weighted by Gasteiger charge is -2.27. The molecule has 3 aromatic heterocycles. The van der Waals surface area contributed by atoms with Gasteiger partial charge in [-0.1, -0.05) is 26.8 Å². The zero-order chi connectivity index (χ0) is 26.7. The summed E-state index contributed by atoms with van der Waals surface area (Å²) in [7, 11) is 1.71. The van der Waals surface area contributed by atoms with Crippen molar-refractivity contribution in [2.45, 2.75) is 53.0 Å². The largest absolute Gasteiger partial charge is 0.435 e. The second-order valence-electron chi connectivity index (χ2n) is 10.9. The highest BCUT2D eigenvalue weighted by atomic mass is 19.4. The van der Waals surface area contributed by atoms with E-state index in [9.17, 15) is 18.0 Å². The van der Waals surface area contributed by atoms with Crippen LogP contribution in [-0.4, -0.2) is 35.8 Å². The van der Waals surface area contributed by atoms with E-state index in [-0.39, 0.29) is 23.1 Å². The molecule has 0 saturated carbocycles. The Morgan fingerprint density at radius 3 is 2.59 bits per heavy atom. The van der Waals surface area contributed by atoms with Crippen LogP contribution >= 0.6 is 0 Å². The number of benzene rings is 1. The van der Waals surface area contributed by atoms with Crippen molar-refractivity contribution >= 4 is 16.9 Å². The highest BCUT2D eigenvalue weighted by Gasteiger charge is 2.39. The number of anilines is 1. The van der Waals surface area contributed by atoms with Gasteiger partial charge in [-0.2, -0.15) is 18.3 Å². The second-order valence-corrected chi connectivity index (χ2v) is 10.9. The van der Waals surface area contributed by atoms with Gasteiger partial charge in [-0.05, 0) is 41.7 Å². The molecule has 4 aromatic rings. The molecule has 5 rings (SSSR count). The number of nitrogens with one attached hydrogen (secondary N) is 1. The number of hydrogen-bond donors (Lipinski definition) is 2. The van der Waals surface area contributed by atoms with Gasteiger partial charge in [0.2, 0.25) is 0 Å². The number of aromatic nitrogens is 5. The molecule has 196 valence electrons. The van der Waals surface area contributed by atoms with Crippen LogP contribution in [0.5, 0.6) is 0 Å². The molecule has 0 amide bonds. The smallest absolute Gasteiger partial charge is 0.398 e. The molecule has 0 aliphatic carbocycles. The molecular formula is C26H30F3N7O. The van der Waals surface area contributed by atoms with Crippen molar-refractivity contribution in [3.63, 3.8) is 0 Å². The maximum Gasteiger partial charge on any atom is 0.435 e. The first-order valence-electron chi connectivity index (χ1n) is 12.1. The molecule has 0 radical (unpaired) electrons. The van der Waals surface area contributed by atoms with Crippen molar-refractivity contribution in [1.82, 2.24) is 29.2 Å². The molecule has 0 spiro atoms. The van der Waals surface area contributed by atoms with Gasteiger partial charge >= 0.3 is 11.9 Å². The lowest BCUT2D eigenvalue weighted by atomic mass is 9.97. The van der Waals surface area contributed by atoms with Gasteiger partial charge in [0, 0.05) is 50.0 Å². The number of halogens is 3. The quantitative estimate of drug-likeness (QED) is 0.396. The maximum absolute atomic E-state index is 13.2. The van der Waals surface area contributed by atoms with Crippen molar-refractivity contribution in [2.75, 3.05) is 12.3 Å². The van der Waals surface area contributed by atoms with Gasteiger partial charge in [-0.3, -0.25) is 19.1 Å². The highest BCUT2D eigenvalue weighted by Crippen LogP contribution is 2.34. The Balaban J connectivity index is 1.42. The number of imidazole rings is 1. The van der Waals surface area contributed by atoms with Crippen LogP contribution in [0.15, 0.2) is 35.1 Å². The molecule has 0 atom stereocenters. The molecule has 4 heterocycles. The fourth-order valence-electron chi connectivity index (χ4n) is 4.98. The van der Waals surface area contributed by atoms with Crippen molar-refractivity contribution in [3.8, 4) is 11.3 Å². The lowest BCUT2D eigenvalue weighted by Crippen LogP contribution is -2.30. The number of nitrogens with zero attached hydrogens (tertiary/aromatic N) is 5. The highest BCUT2D eigenvalue weighted by molar-refractivity contribution is 5.80. The normalized spacial score (nSPS) is 14.9. The number of aromatic amines is 1. The Labute approximate surface area is 211 Å². The Kier molecular flexibility index (Phi) is 5.93. The number of pyridine rings is 1. The third kappa shape index (κ3) is 4.75. The Morgan fingerprint density at radius 2 is 1.89 bits per heavy atom. The van der Waals surface area contributed by atoms with Gasteiger partial charge < -0.3 is 5.73 Å². The topological polar surface area (TPSA) is 97.8 Å². The average molecular weight is 514 g/mol.